The number of nitrogens with zero attached hydrogens (tertiary/aromatic N) is 2. The lowest BCUT2D eigenvalue weighted by Gasteiger charge is -2.27. The first-order chi connectivity index (χ1) is 9.49. The molecule has 0 amide bonds. The van der Waals surface area contributed by atoms with E-state index in [1.165, 1.54) is 12.5 Å². The lowest BCUT2D eigenvalue weighted by molar-refractivity contribution is -0.143. The maximum absolute atomic E-state index is 11.0. The predicted molar refractivity (Wildman–Crippen MR) is 77.4 cm³/mol. The molecule has 0 aliphatic rings. The number of hydrogen-bond acceptors (Lipinski definition) is 3. The molecule has 0 radical (unpaired) electrons. The van der Waals surface area contributed by atoms with Gasteiger partial charge in [-0.2, -0.15) is 0 Å². The number of esters is 1. The summed E-state index contributed by atoms with van der Waals surface area (Å²) in [5.41, 5.74) is 0.898. The minimum atomic E-state index is -0.313. The average Bonchev–Trinajstić information content (AvgIpc) is 2.87. The van der Waals surface area contributed by atoms with Gasteiger partial charge in [0.15, 0.2) is 0 Å². The molecule has 0 atom stereocenters. The first kappa shape index (κ1) is 14.3. The Labute approximate surface area is 119 Å². The molecule has 0 saturated carbocycles. The van der Waals surface area contributed by atoms with Crippen molar-refractivity contribution in [2.75, 3.05) is 6.61 Å². The fourth-order valence-electron chi connectivity index (χ4n) is 2.14. The highest BCUT2D eigenvalue weighted by Gasteiger charge is 2.24. The van der Waals surface area contributed by atoms with Crippen molar-refractivity contribution in [1.82, 2.24) is 9.55 Å². The zero-order chi connectivity index (χ0) is 14.6. The second-order valence-electron chi connectivity index (χ2n) is 5.47. The van der Waals surface area contributed by atoms with E-state index in [4.69, 9.17) is 4.74 Å². The number of ether oxygens (including phenoxy) is 1. The Balaban J connectivity index is 2.17. The number of aromatic nitrogens is 2. The predicted octanol–water partition coefficient (Wildman–Crippen LogP) is 2.77. The minimum absolute atomic E-state index is 0.261. The summed E-state index contributed by atoms with van der Waals surface area (Å²) >= 11 is 0. The van der Waals surface area contributed by atoms with Crippen LogP contribution >= 0.6 is 0 Å². The van der Waals surface area contributed by atoms with Crippen LogP contribution in [0.1, 0.15) is 32.2 Å². The summed E-state index contributed by atoms with van der Waals surface area (Å²) in [6.07, 6.45) is 4.48. The molecule has 0 saturated heterocycles. The van der Waals surface area contributed by atoms with Gasteiger partial charge in [0, 0.05) is 25.7 Å². The summed E-state index contributed by atoms with van der Waals surface area (Å²) < 4.78 is 7.22. The molecule has 4 nitrogen and oxygen atoms in total. The zero-order valence-corrected chi connectivity index (χ0v) is 12.2. The first-order valence-corrected chi connectivity index (χ1v) is 6.69. The second-order valence-corrected chi connectivity index (χ2v) is 5.47. The number of carbonyl (C=O) groups excluding carboxylic acids is 1. The normalized spacial score (nSPS) is 11.3. The maximum Gasteiger partial charge on any atom is 0.302 e. The summed E-state index contributed by atoms with van der Waals surface area (Å²) in [6, 6.07) is 10.2. The van der Waals surface area contributed by atoms with Gasteiger partial charge < -0.3 is 9.30 Å². The van der Waals surface area contributed by atoms with Crippen LogP contribution in [0.3, 0.4) is 0 Å². The van der Waals surface area contributed by atoms with E-state index in [1.807, 2.05) is 38.2 Å². The number of carbonyl (C=O) groups is 1. The molecule has 1 aromatic carbocycles. The molecule has 0 fully saturated rings. The van der Waals surface area contributed by atoms with Gasteiger partial charge in [-0.05, 0) is 19.4 Å². The van der Waals surface area contributed by atoms with E-state index in [-0.39, 0.29) is 11.5 Å². The van der Waals surface area contributed by atoms with Crippen molar-refractivity contribution in [3.8, 4) is 0 Å². The minimum Gasteiger partial charge on any atom is -0.463 e. The van der Waals surface area contributed by atoms with Crippen LogP contribution in [-0.2, 0) is 21.5 Å². The third-order valence-corrected chi connectivity index (χ3v) is 3.20. The van der Waals surface area contributed by atoms with E-state index < -0.39 is 0 Å². The van der Waals surface area contributed by atoms with E-state index in [2.05, 4.69) is 21.7 Å². The van der Waals surface area contributed by atoms with E-state index in [1.54, 1.807) is 6.20 Å². The summed E-state index contributed by atoms with van der Waals surface area (Å²) in [6.45, 7) is 5.83. The van der Waals surface area contributed by atoms with E-state index in [0.29, 0.717) is 6.61 Å². The summed E-state index contributed by atoms with van der Waals surface area (Å²) in [5.74, 6) is 0.705. The highest BCUT2D eigenvalue weighted by atomic mass is 16.5. The maximum atomic E-state index is 11.0. The highest BCUT2D eigenvalue weighted by molar-refractivity contribution is 5.65. The van der Waals surface area contributed by atoms with Crippen molar-refractivity contribution in [3.63, 3.8) is 0 Å². The standard InChI is InChI=1S/C16H20N2O2/c1-13(19)20-12-16(2,3)18-10-9-17-15(18)11-14-7-5-4-6-8-14/h4-10H,11-12H2,1-3H3. The van der Waals surface area contributed by atoms with Gasteiger partial charge in [-0.3, -0.25) is 4.79 Å². The second kappa shape index (κ2) is 5.90. The Morgan fingerprint density at radius 2 is 2.00 bits per heavy atom. The molecule has 2 rings (SSSR count). The molecular weight excluding hydrogens is 252 g/mol. The monoisotopic (exact) mass is 272 g/mol. The Kier molecular flexibility index (Phi) is 4.23. The quantitative estimate of drug-likeness (QED) is 0.786. The number of imidazole rings is 1. The van der Waals surface area contributed by atoms with Crippen LogP contribution < -0.4 is 0 Å². The lowest BCUT2D eigenvalue weighted by atomic mass is 10.1. The van der Waals surface area contributed by atoms with Crippen molar-refractivity contribution in [1.29, 1.82) is 0 Å². The average molecular weight is 272 g/mol. The Morgan fingerprint density at radius 3 is 2.65 bits per heavy atom. The van der Waals surface area contributed by atoms with Crippen molar-refractivity contribution < 1.29 is 9.53 Å². The zero-order valence-electron chi connectivity index (χ0n) is 12.2. The first-order valence-electron chi connectivity index (χ1n) is 6.69. The fourth-order valence-corrected chi connectivity index (χ4v) is 2.14. The third kappa shape index (κ3) is 3.47. The van der Waals surface area contributed by atoms with E-state index in [9.17, 15) is 4.79 Å². The number of rotatable bonds is 5. The molecule has 1 heterocycles. The molecule has 106 valence electrons. The molecule has 0 bridgehead atoms. The molecule has 1 aromatic heterocycles. The van der Waals surface area contributed by atoms with Crippen LogP contribution in [0.2, 0.25) is 0 Å². The van der Waals surface area contributed by atoms with Gasteiger partial charge in [-0.1, -0.05) is 30.3 Å². The van der Waals surface area contributed by atoms with Gasteiger partial charge >= 0.3 is 5.97 Å². The number of hydrogen-bond donors (Lipinski definition) is 0. The summed E-state index contributed by atoms with van der Waals surface area (Å²) in [4.78, 5) is 15.4. The highest BCUT2D eigenvalue weighted by Crippen LogP contribution is 2.20. The van der Waals surface area contributed by atoms with Crippen LogP contribution in [0.25, 0.3) is 0 Å². The lowest BCUT2D eigenvalue weighted by Crippen LogP contribution is -2.33. The molecule has 0 N–H and O–H groups in total. The third-order valence-electron chi connectivity index (χ3n) is 3.20. The van der Waals surface area contributed by atoms with Gasteiger partial charge in [-0.15, -0.1) is 0 Å². The van der Waals surface area contributed by atoms with E-state index in [0.717, 1.165) is 12.2 Å². The van der Waals surface area contributed by atoms with E-state index >= 15 is 0 Å². The van der Waals surface area contributed by atoms with Gasteiger partial charge in [0.25, 0.3) is 0 Å². The van der Waals surface area contributed by atoms with Crippen molar-refractivity contribution in [2.45, 2.75) is 32.7 Å². The SMILES string of the molecule is CC(=O)OCC(C)(C)n1ccnc1Cc1ccccc1. The number of benzene rings is 1. The van der Waals surface area contributed by atoms with Crippen molar-refractivity contribution in [2.24, 2.45) is 0 Å². The summed E-state index contributed by atoms with van der Waals surface area (Å²) in [7, 11) is 0. The smallest absolute Gasteiger partial charge is 0.302 e. The van der Waals surface area contributed by atoms with Crippen LogP contribution in [0.15, 0.2) is 42.7 Å². The molecular formula is C16H20N2O2. The van der Waals surface area contributed by atoms with Crippen LogP contribution in [0.5, 0.6) is 0 Å². The van der Waals surface area contributed by atoms with Gasteiger partial charge in [-0.25, -0.2) is 4.98 Å². The molecule has 0 spiro atoms. The summed E-state index contributed by atoms with van der Waals surface area (Å²) in [5, 5.41) is 0. The Morgan fingerprint density at radius 1 is 1.30 bits per heavy atom. The molecule has 0 aliphatic heterocycles. The van der Waals surface area contributed by atoms with Crippen LogP contribution in [0.4, 0.5) is 0 Å². The van der Waals surface area contributed by atoms with Crippen LogP contribution in [-0.4, -0.2) is 22.1 Å². The van der Waals surface area contributed by atoms with Gasteiger partial charge in [0.05, 0.1) is 5.54 Å². The van der Waals surface area contributed by atoms with Gasteiger partial charge in [0.2, 0.25) is 0 Å². The topological polar surface area (TPSA) is 44.1 Å². The van der Waals surface area contributed by atoms with Crippen molar-refractivity contribution >= 4 is 5.97 Å². The van der Waals surface area contributed by atoms with Gasteiger partial charge in [0.1, 0.15) is 12.4 Å². The largest absolute Gasteiger partial charge is 0.463 e. The molecule has 0 unspecified atom stereocenters. The molecule has 20 heavy (non-hydrogen) atoms. The molecule has 4 heteroatoms. The Bertz CT molecular complexity index is 573. The fraction of sp³-hybridized carbons (Fsp3) is 0.375. The van der Waals surface area contributed by atoms with Crippen LogP contribution in [0, 0.1) is 0 Å². The molecule has 0 aliphatic carbocycles. The Hall–Kier alpha value is -2.10. The molecule has 2 aromatic rings. The van der Waals surface area contributed by atoms with Crippen molar-refractivity contribution in [3.05, 3.63) is 54.1 Å².